The number of anilines is 1. The van der Waals surface area contributed by atoms with Crippen molar-refractivity contribution in [2.24, 2.45) is 0 Å². The van der Waals surface area contributed by atoms with E-state index in [0.29, 0.717) is 6.04 Å². The van der Waals surface area contributed by atoms with Crippen molar-refractivity contribution in [1.82, 2.24) is 20.4 Å². The SMILES string of the molecule is CCCNCc1ccc(N(C)CC2CCCN2CC)nn1. The van der Waals surface area contributed by atoms with Gasteiger partial charge in [0.25, 0.3) is 0 Å². The van der Waals surface area contributed by atoms with Gasteiger partial charge >= 0.3 is 0 Å². The quantitative estimate of drug-likeness (QED) is 0.741. The summed E-state index contributed by atoms with van der Waals surface area (Å²) in [4.78, 5) is 4.79. The molecule has 0 aromatic carbocycles. The Kier molecular flexibility index (Phi) is 6.39. The molecule has 1 saturated heterocycles. The van der Waals surface area contributed by atoms with E-state index < -0.39 is 0 Å². The fourth-order valence-corrected chi connectivity index (χ4v) is 2.97. The molecule has 1 unspecified atom stereocenters. The Labute approximate surface area is 128 Å². The van der Waals surface area contributed by atoms with E-state index in [9.17, 15) is 0 Å². The summed E-state index contributed by atoms with van der Waals surface area (Å²) in [6.45, 7) is 9.66. The van der Waals surface area contributed by atoms with Gasteiger partial charge in [-0.3, -0.25) is 4.90 Å². The number of aromatic nitrogens is 2. The average molecular weight is 291 g/mol. The Morgan fingerprint density at radius 2 is 2.19 bits per heavy atom. The summed E-state index contributed by atoms with van der Waals surface area (Å²) in [5.41, 5.74) is 1.01. The zero-order chi connectivity index (χ0) is 15.1. The number of likely N-dealkylation sites (N-methyl/N-ethyl adjacent to an activating group) is 2. The molecule has 0 radical (unpaired) electrons. The van der Waals surface area contributed by atoms with Crippen LogP contribution in [0.1, 0.15) is 38.8 Å². The molecule has 0 spiro atoms. The molecular formula is C16H29N5. The summed E-state index contributed by atoms with van der Waals surface area (Å²) in [6, 6.07) is 4.82. The summed E-state index contributed by atoms with van der Waals surface area (Å²) in [6.07, 6.45) is 3.76. The van der Waals surface area contributed by atoms with Crippen LogP contribution in [-0.4, -0.2) is 54.4 Å². The molecule has 0 bridgehead atoms. The molecule has 2 rings (SSSR count). The van der Waals surface area contributed by atoms with E-state index in [1.165, 1.54) is 19.4 Å². The van der Waals surface area contributed by atoms with Crippen LogP contribution in [-0.2, 0) is 6.54 Å². The molecule has 1 aliphatic rings. The minimum Gasteiger partial charge on any atom is -0.357 e. The van der Waals surface area contributed by atoms with Gasteiger partial charge in [0, 0.05) is 26.2 Å². The summed E-state index contributed by atoms with van der Waals surface area (Å²) >= 11 is 0. The number of hydrogen-bond acceptors (Lipinski definition) is 5. The molecule has 21 heavy (non-hydrogen) atoms. The van der Waals surface area contributed by atoms with Crippen molar-refractivity contribution in [3.05, 3.63) is 17.8 Å². The van der Waals surface area contributed by atoms with Crippen LogP contribution in [0.2, 0.25) is 0 Å². The van der Waals surface area contributed by atoms with Gasteiger partial charge in [-0.15, -0.1) is 5.10 Å². The predicted octanol–water partition coefficient (Wildman–Crippen LogP) is 1.90. The summed E-state index contributed by atoms with van der Waals surface area (Å²) in [5, 5.41) is 12.0. The lowest BCUT2D eigenvalue weighted by Crippen LogP contribution is -2.39. The molecule has 0 aliphatic carbocycles. The first kappa shape index (κ1) is 16.2. The van der Waals surface area contributed by atoms with E-state index >= 15 is 0 Å². The highest BCUT2D eigenvalue weighted by Crippen LogP contribution is 2.19. The van der Waals surface area contributed by atoms with E-state index in [0.717, 1.165) is 44.1 Å². The number of hydrogen-bond donors (Lipinski definition) is 1. The van der Waals surface area contributed by atoms with Crippen LogP contribution in [0.4, 0.5) is 5.82 Å². The molecule has 1 atom stereocenters. The lowest BCUT2D eigenvalue weighted by atomic mass is 10.2. The van der Waals surface area contributed by atoms with Crippen molar-refractivity contribution in [3.63, 3.8) is 0 Å². The molecule has 1 aromatic heterocycles. The van der Waals surface area contributed by atoms with Crippen LogP contribution < -0.4 is 10.2 Å². The Morgan fingerprint density at radius 1 is 1.33 bits per heavy atom. The number of nitrogens with one attached hydrogen (secondary N) is 1. The zero-order valence-corrected chi connectivity index (χ0v) is 13.7. The number of nitrogens with zero attached hydrogens (tertiary/aromatic N) is 4. The van der Waals surface area contributed by atoms with Crippen LogP contribution in [0.5, 0.6) is 0 Å². The first-order chi connectivity index (χ1) is 10.2. The van der Waals surface area contributed by atoms with Gasteiger partial charge in [0.2, 0.25) is 0 Å². The third-order valence-electron chi connectivity index (χ3n) is 4.22. The highest BCUT2D eigenvalue weighted by atomic mass is 15.3. The van der Waals surface area contributed by atoms with Crippen molar-refractivity contribution >= 4 is 5.82 Å². The second-order valence-corrected chi connectivity index (χ2v) is 5.86. The molecule has 5 heteroatoms. The van der Waals surface area contributed by atoms with Crippen molar-refractivity contribution in [1.29, 1.82) is 0 Å². The van der Waals surface area contributed by atoms with E-state index in [-0.39, 0.29) is 0 Å². The van der Waals surface area contributed by atoms with Crippen molar-refractivity contribution in [3.8, 4) is 0 Å². The second kappa shape index (κ2) is 8.29. The van der Waals surface area contributed by atoms with E-state index in [4.69, 9.17) is 0 Å². The van der Waals surface area contributed by atoms with Gasteiger partial charge in [-0.05, 0) is 51.0 Å². The van der Waals surface area contributed by atoms with Gasteiger partial charge in [-0.1, -0.05) is 13.8 Å². The molecule has 1 aliphatic heterocycles. The fourth-order valence-electron chi connectivity index (χ4n) is 2.97. The predicted molar refractivity (Wildman–Crippen MR) is 87.6 cm³/mol. The first-order valence-electron chi connectivity index (χ1n) is 8.23. The monoisotopic (exact) mass is 291 g/mol. The van der Waals surface area contributed by atoms with Gasteiger partial charge in [0.05, 0.1) is 5.69 Å². The molecular weight excluding hydrogens is 262 g/mol. The largest absolute Gasteiger partial charge is 0.357 e. The lowest BCUT2D eigenvalue weighted by Gasteiger charge is -2.28. The van der Waals surface area contributed by atoms with E-state index in [1.807, 2.05) is 0 Å². The van der Waals surface area contributed by atoms with Crippen LogP contribution >= 0.6 is 0 Å². The molecule has 1 fully saturated rings. The van der Waals surface area contributed by atoms with Gasteiger partial charge in [0.15, 0.2) is 5.82 Å². The molecule has 1 aromatic rings. The lowest BCUT2D eigenvalue weighted by molar-refractivity contribution is 0.270. The molecule has 118 valence electrons. The highest BCUT2D eigenvalue weighted by molar-refractivity contribution is 5.36. The highest BCUT2D eigenvalue weighted by Gasteiger charge is 2.24. The summed E-state index contributed by atoms with van der Waals surface area (Å²) in [5.74, 6) is 0.970. The van der Waals surface area contributed by atoms with Crippen molar-refractivity contribution in [2.45, 2.75) is 45.7 Å². The van der Waals surface area contributed by atoms with Crippen LogP contribution in [0, 0.1) is 0 Å². The van der Waals surface area contributed by atoms with Crippen LogP contribution in [0.25, 0.3) is 0 Å². The minimum absolute atomic E-state index is 0.660. The molecule has 5 nitrogen and oxygen atoms in total. The third-order valence-corrected chi connectivity index (χ3v) is 4.22. The average Bonchev–Trinajstić information content (AvgIpc) is 2.95. The van der Waals surface area contributed by atoms with Gasteiger partial charge in [0.1, 0.15) is 0 Å². The third kappa shape index (κ3) is 4.64. The molecule has 1 N–H and O–H groups in total. The fraction of sp³-hybridized carbons (Fsp3) is 0.750. The van der Waals surface area contributed by atoms with E-state index in [2.05, 4.69) is 58.3 Å². The van der Waals surface area contributed by atoms with Gasteiger partial charge < -0.3 is 10.2 Å². The molecule has 0 saturated carbocycles. The maximum absolute atomic E-state index is 4.37. The summed E-state index contributed by atoms with van der Waals surface area (Å²) < 4.78 is 0. The zero-order valence-electron chi connectivity index (χ0n) is 13.7. The Bertz CT molecular complexity index is 406. The Morgan fingerprint density at radius 3 is 2.86 bits per heavy atom. The van der Waals surface area contributed by atoms with Crippen molar-refractivity contribution in [2.75, 3.05) is 38.1 Å². The number of rotatable bonds is 8. The first-order valence-corrected chi connectivity index (χ1v) is 8.23. The van der Waals surface area contributed by atoms with Gasteiger partial charge in [-0.25, -0.2) is 0 Å². The topological polar surface area (TPSA) is 44.3 Å². The molecule has 2 heterocycles. The van der Waals surface area contributed by atoms with Gasteiger partial charge in [-0.2, -0.15) is 5.10 Å². The van der Waals surface area contributed by atoms with Crippen LogP contribution in [0.15, 0.2) is 12.1 Å². The minimum atomic E-state index is 0.660. The normalized spacial score (nSPS) is 19.1. The Hall–Kier alpha value is -1.20. The second-order valence-electron chi connectivity index (χ2n) is 5.86. The maximum atomic E-state index is 4.37. The Balaban J connectivity index is 1.86. The van der Waals surface area contributed by atoms with Crippen LogP contribution in [0.3, 0.4) is 0 Å². The standard InChI is InChI=1S/C16H29N5/c1-4-10-17-12-14-8-9-16(19-18-14)20(3)13-15-7-6-11-21(15)5-2/h8-9,15,17H,4-7,10-13H2,1-3H3. The maximum Gasteiger partial charge on any atom is 0.151 e. The smallest absolute Gasteiger partial charge is 0.151 e. The summed E-state index contributed by atoms with van der Waals surface area (Å²) in [7, 11) is 2.12. The number of likely N-dealkylation sites (tertiary alicyclic amines) is 1. The van der Waals surface area contributed by atoms with E-state index in [1.54, 1.807) is 0 Å². The molecule has 0 amide bonds. The van der Waals surface area contributed by atoms with Crippen molar-refractivity contribution < 1.29 is 0 Å².